The molecule has 2 heteroatoms. The van der Waals surface area contributed by atoms with Crippen molar-refractivity contribution in [2.24, 2.45) is 0 Å². The molecule has 1 N–H and O–H groups in total. The lowest BCUT2D eigenvalue weighted by Gasteiger charge is -1.87. The molecule has 0 radical (unpaired) electrons. The molecular weight excluding hydrogens is 160 g/mol. The summed E-state index contributed by atoms with van der Waals surface area (Å²) in [5.74, 6) is 6.32. The quantitative estimate of drug-likeness (QED) is 0.554. The van der Waals surface area contributed by atoms with E-state index in [1.165, 1.54) is 12.8 Å². The van der Waals surface area contributed by atoms with Crippen LogP contribution in [0, 0.1) is 11.8 Å². The van der Waals surface area contributed by atoms with Gasteiger partial charge in [-0.05, 0) is 6.42 Å². The van der Waals surface area contributed by atoms with Crippen LogP contribution in [0.3, 0.4) is 0 Å². The van der Waals surface area contributed by atoms with E-state index in [4.69, 9.17) is 0 Å². The fourth-order valence-corrected chi connectivity index (χ4v) is 1.06. The maximum absolute atomic E-state index is 4.13. The molecule has 2 nitrogen and oxygen atoms in total. The first-order valence-corrected chi connectivity index (χ1v) is 4.87. The third-order valence-corrected chi connectivity index (χ3v) is 1.84. The molecule has 1 aromatic rings. The van der Waals surface area contributed by atoms with E-state index in [1.54, 1.807) is 6.33 Å². The number of H-pyrrole nitrogens is 1. The van der Waals surface area contributed by atoms with E-state index >= 15 is 0 Å². The van der Waals surface area contributed by atoms with E-state index in [9.17, 15) is 0 Å². The van der Waals surface area contributed by atoms with Crippen LogP contribution < -0.4 is 0 Å². The third-order valence-electron chi connectivity index (χ3n) is 1.84. The number of aryl methyl sites for hydroxylation is 1. The summed E-state index contributed by atoms with van der Waals surface area (Å²) < 4.78 is 0. The van der Waals surface area contributed by atoms with E-state index in [1.807, 2.05) is 6.20 Å². The monoisotopic (exact) mass is 176 g/mol. The van der Waals surface area contributed by atoms with Gasteiger partial charge in [-0.1, -0.05) is 13.3 Å². The van der Waals surface area contributed by atoms with Gasteiger partial charge in [0.15, 0.2) is 0 Å². The summed E-state index contributed by atoms with van der Waals surface area (Å²) in [5, 5.41) is 0. The second kappa shape index (κ2) is 6.30. The number of hydrogen-bond donors (Lipinski definition) is 1. The zero-order valence-corrected chi connectivity index (χ0v) is 8.14. The first-order chi connectivity index (χ1) is 6.43. The van der Waals surface area contributed by atoms with Gasteiger partial charge >= 0.3 is 0 Å². The molecule has 0 aliphatic carbocycles. The average Bonchev–Trinajstić information content (AvgIpc) is 2.63. The first kappa shape index (κ1) is 9.85. The Morgan fingerprint density at radius 3 is 2.92 bits per heavy atom. The highest BCUT2D eigenvalue weighted by Crippen LogP contribution is 1.96. The van der Waals surface area contributed by atoms with Gasteiger partial charge in [0.2, 0.25) is 0 Å². The van der Waals surface area contributed by atoms with Crippen LogP contribution in [-0.4, -0.2) is 9.97 Å². The molecule has 0 atom stereocenters. The van der Waals surface area contributed by atoms with Crippen LogP contribution in [0.25, 0.3) is 0 Å². The molecule has 0 aliphatic rings. The fraction of sp³-hybridized carbons (Fsp3) is 0.545. The molecule has 1 rings (SSSR count). The van der Waals surface area contributed by atoms with E-state index in [0.29, 0.717) is 0 Å². The number of aromatic nitrogens is 2. The molecule has 0 spiro atoms. The molecule has 1 aromatic heterocycles. The molecule has 0 saturated heterocycles. The summed E-state index contributed by atoms with van der Waals surface area (Å²) in [6.07, 6.45) is 9.01. The Labute approximate surface area is 79.8 Å². The van der Waals surface area contributed by atoms with Gasteiger partial charge in [0, 0.05) is 25.5 Å². The van der Waals surface area contributed by atoms with Crippen molar-refractivity contribution in [3.05, 3.63) is 18.2 Å². The van der Waals surface area contributed by atoms with Crippen molar-refractivity contribution >= 4 is 0 Å². The van der Waals surface area contributed by atoms with Crippen molar-refractivity contribution in [2.75, 3.05) is 0 Å². The Morgan fingerprint density at radius 2 is 2.23 bits per heavy atom. The van der Waals surface area contributed by atoms with Crippen LogP contribution in [0.15, 0.2) is 12.5 Å². The van der Waals surface area contributed by atoms with E-state index in [2.05, 4.69) is 28.7 Å². The molecule has 0 aromatic carbocycles. The fourth-order valence-electron chi connectivity index (χ4n) is 1.06. The van der Waals surface area contributed by atoms with Crippen molar-refractivity contribution in [1.29, 1.82) is 0 Å². The number of nitrogens with one attached hydrogen (secondary N) is 1. The number of unbranched alkanes of at least 4 members (excludes halogenated alkanes) is 2. The maximum Gasteiger partial charge on any atom is 0.0923 e. The SMILES string of the molecule is CCCCC#CCCc1c[nH]cn1. The van der Waals surface area contributed by atoms with E-state index in [-0.39, 0.29) is 0 Å². The molecule has 0 bridgehead atoms. The van der Waals surface area contributed by atoms with E-state index in [0.717, 1.165) is 25.0 Å². The van der Waals surface area contributed by atoms with Gasteiger partial charge in [-0.3, -0.25) is 0 Å². The Balaban J connectivity index is 2.09. The summed E-state index contributed by atoms with van der Waals surface area (Å²) in [5.41, 5.74) is 1.10. The first-order valence-electron chi connectivity index (χ1n) is 4.87. The Bertz CT molecular complexity index is 264. The largest absolute Gasteiger partial charge is 0.351 e. The number of nitrogens with zero attached hydrogens (tertiary/aromatic N) is 1. The van der Waals surface area contributed by atoms with Gasteiger partial charge in [0.05, 0.1) is 12.0 Å². The van der Waals surface area contributed by atoms with Crippen LogP contribution in [0.4, 0.5) is 0 Å². The number of aromatic amines is 1. The molecule has 1 heterocycles. The summed E-state index contributed by atoms with van der Waals surface area (Å²) in [6, 6.07) is 0. The van der Waals surface area contributed by atoms with Crippen molar-refractivity contribution in [2.45, 2.75) is 39.0 Å². The normalized spacial score (nSPS) is 9.31. The van der Waals surface area contributed by atoms with E-state index < -0.39 is 0 Å². The van der Waals surface area contributed by atoms with Crippen LogP contribution in [0.2, 0.25) is 0 Å². The zero-order valence-electron chi connectivity index (χ0n) is 8.14. The highest BCUT2D eigenvalue weighted by atomic mass is 14.9. The highest BCUT2D eigenvalue weighted by Gasteiger charge is 1.90. The minimum atomic E-state index is 0.925. The van der Waals surface area contributed by atoms with Gasteiger partial charge < -0.3 is 4.98 Å². The molecule has 13 heavy (non-hydrogen) atoms. The number of imidazole rings is 1. The lowest BCUT2D eigenvalue weighted by atomic mass is 10.2. The highest BCUT2D eigenvalue weighted by molar-refractivity contribution is 5.03. The van der Waals surface area contributed by atoms with Crippen LogP contribution in [0.1, 0.15) is 38.3 Å². The predicted molar refractivity (Wildman–Crippen MR) is 54.2 cm³/mol. The molecule has 70 valence electrons. The Kier molecular flexibility index (Phi) is 4.78. The van der Waals surface area contributed by atoms with Gasteiger partial charge in [-0.2, -0.15) is 0 Å². The zero-order chi connectivity index (χ0) is 9.36. The van der Waals surface area contributed by atoms with Crippen LogP contribution >= 0.6 is 0 Å². The second-order valence-corrected chi connectivity index (χ2v) is 3.02. The predicted octanol–water partition coefficient (Wildman–Crippen LogP) is 2.54. The molecule has 0 saturated carbocycles. The van der Waals surface area contributed by atoms with Gasteiger partial charge in [0.25, 0.3) is 0 Å². The topological polar surface area (TPSA) is 28.7 Å². The molecule has 0 fully saturated rings. The molecule has 0 amide bonds. The summed E-state index contributed by atoms with van der Waals surface area (Å²) in [4.78, 5) is 7.06. The van der Waals surface area contributed by atoms with Crippen molar-refractivity contribution in [3.8, 4) is 11.8 Å². The Hall–Kier alpha value is -1.23. The van der Waals surface area contributed by atoms with Crippen molar-refractivity contribution in [3.63, 3.8) is 0 Å². The smallest absolute Gasteiger partial charge is 0.0923 e. The van der Waals surface area contributed by atoms with Gasteiger partial charge in [-0.25, -0.2) is 4.98 Å². The van der Waals surface area contributed by atoms with Crippen LogP contribution in [0.5, 0.6) is 0 Å². The Morgan fingerprint density at radius 1 is 1.38 bits per heavy atom. The maximum atomic E-state index is 4.13. The molecular formula is C11H16N2. The molecule has 0 aliphatic heterocycles. The summed E-state index contributed by atoms with van der Waals surface area (Å²) in [7, 11) is 0. The number of rotatable bonds is 4. The van der Waals surface area contributed by atoms with Gasteiger partial charge in [0.1, 0.15) is 0 Å². The third kappa shape index (κ3) is 4.37. The average molecular weight is 176 g/mol. The lowest BCUT2D eigenvalue weighted by Crippen LogP contribution is -1.81. The minimum Gasteiger partial charge on any atom is -0.351 e. The minimum absolute atomic E-state index is 0.925. The lowest BCUT2D eigenvalue weighted by molar-refractivity contribution is 0.826. The van der Waals surface area contributed by atoms with Crippen molar-refractivity contribution < 1.29 is 0 Å². The summed E-state index contributed by atoms with van der Waals surface area (Å²) in [6.45, 7) is 2.19. The second-order valence-electron chi connectivity index (χ2n) is 3.02. The van der Waals surface area contributed by atoms with Crippen LogP contribution in [-0.2, 0) is 6.42 Å². The number of hydrogen-bond acceptors (Lipinski definition) is 1. The standard InChI is InChI=1S/C11H16N2/c1-2-3-4-5-6-7-8-11-9-12-10-13-11/h9-10H,2-4,7-8H2,1H3,(H,12,13). The summed E-state index contributed by atoms with van der Waals surface area (Å²) >= 11 is 0. The molecule has 0 unspecified atom stereocenters. The van der Waals surface area contributed by atoms with Crippen molar-refractivity contribution in [1.82, 2.24) is 9.97 Å². The van der Waals surface area contributed by atoms with Gasteiger partial charge in [-0.15, -0.1) is 11.8 Å².